The molecule has 0 bridgehead atoms. The summed E-state index contributed by atoms with van der Waals surface area (Å²) in [6.07, 6.45) is -0.454. The lowest BCUT2D eigenvalue weighted by Gasteiger charge is -2.46. The Kier molecular flexibility index (Phi) is 3.45. The van der Waals surface area contributed by atoms with E-state index in [1.165, 1.54) is 38.1 Å². The molecule has 0 saturated heterocycles. The summed E-state index contributed by atoms with van der Waals surface area (Å²) < 4.78 is 2.39. The van der Waals surface area contributed by atoms with E-state index in [1.807, 2.05) is 12.3 Å². The van der Waals surface area contributed by atoms with Crippen molar-refractivity contribution in [2.45, 2.75) is 0 Å². The Morgan fingerprint density at radius 2 is 1.19 bits per heavy atom. The van der Waals surface area contributed by atoms with Crippen LogP contribution in [0.3, 0.4) is 0 Å². The molecule has 31 heavy (non-hydrogen) atoms. The van der Waals surface area contributed by atoms with Gasteiger partial charge in [-0.15, -0.1) is 0 Å². The van der Waals surface area contributed by atoms with Gasteiger partial charge in [-0.1, -0.05) is 84.6 Å². The van der Waals surface area contributed by atoms with Crippen molar-refractivity contribution < 1.29 is 0 Å². The largest absolute Gasteiger partial charge is 0.288 e. The summed E-state index contributed by atoms with van der Waals surface area (Å²) in [7, 11) is 0. The predicted octanol–water partition coefficient (Wildman–Crippen LogP) is 6.38. The van der Waals surface area contributed by atoms with Crippen LogP contribution in [-0.2, 0) is 11.8 Å². The Bertz CT molecular complexity index is 1590. The number of benzene rings is 4. The Hall–Kier alpha value is -3.26. The third kappa shape index (κ3) is 2.18. The molecule has 0 spiro atoms. The maximum atomic E-state index is 6.71. The molecule has 4 heteroatoms. The molecule has 2 nitrogen and oxygen atoms in total. The van der Waals surface area contributed by atoms with Gasteiger partial charge in [0.05, 0.1) is 11.9 Å². The number of rotatable bonds is 0. The summed E-state index contributed by atoms with van der Waals surface area (Å²) in [4.78, 5) is 4.89. The van der Waals surface area contributed by atoms with E-state index < -0.39 is 6.19 Å². The average molecular weight is 432 g/mol. The first-order valence-electron chi connectivity index (χ1n) is 10.4. The smallest absolute Gasteiger partial charge is 0.145 e. The fourth-order valence-corrected chi connectivity index (χ4v) is 9.73. The molecule has 0 saturated carbocycles. The van der Waals surface area contributed by atoms with Crippen LogP contribution in [0.25, 0.3) is 33.0 Å². The van der Waals surface area contributed by atoms with Gasteiger partial charge in [-0.05, 0) is 46.2 Å². The quantitative estimate of drug-likeness (QED) is 0.264. The molecule has 146 valence electrons. The van der Waals surface area contributed by atoms with E-state index in [4.69, 9.17) is 16.8 Å². The number of pyridine rings is 1. The SMILES string of the molecule is S=P12c3ccccc3-c3cc4ccccc4cc3N1c1ncccc1-c1ccccc12. The van der Waals surface area contributed by atoms with Gasteiger partial charge >= 0.3 is 0 Å². The van der Waals surface area contributed by atoms with Crippen LogP contribution in [0, 0.1) is 0 Å². The molecule has 0 N–H and O–H groups in total. The summed E-state index contributed by atoms with van der Waals surface area (Å²) in [6.45, 7) is 0. The second kappa shape index (κ2) is 6.13. The van der Waals surface area contributed by atoms with Gasteiger partial charge in [0.25, 0.3) is 0 Å². The molecule has 4 aromatic carbocycles. The highest BCUT2D eigenvalue weighted by Gasteiger charge is 2.44. The second-order valence-corrected chi connectivity index (χ2v) is 12.1. The minimum absolute atomic E-state index is 0.968. The molecular formula is C27H17N2PS. The van der Waals surface area contributed by atoms with Crippen molar-refractivity contribution in [1.29, 1.82) is 0 Å². The zero-order valence-corrected chi connectivity index (χ0v) is 18.3. The van der Waals surface area contributed by atoms with Crippen LogP contribution >= 0.6 is 6.19 Å². The summed E-state index contributed by atoms with van der Waals surface area (Å²) >= 11 is 6.71. The van der Waals surface area contributed by atoms with E-state index in [9.17, 15) is 0 Å². The molecule has 0 amide bonds. The molecule has 2 aliphatic rings. The third-order valence-electron chi connectivity index (χ3n) is 6.40. The molecule has 0 radical (unpaired) electrons. The normalized spacial score (nSPS) is 17.9. The molecule has 0 fully saturated rings. The lowest BCUT2D eigenvalue weighted by Crippen LogP contribution is -2.37. The number of fused-ring (bicyclic) bond motifs is 12. The van der Waals surface area contributed by atoms with Crippen molar-refractivity contribution in [1.82, 2.24) is 4.98 Å². The van der Waals surface area contributed by atoms with Crippen LogP contribution in [0.1, 0.15) is 0 Å². The van der Waals surface area contributed by atoms with Crippen molar-refractivity contribution in [3.8, 4) is 22.3 Å². The summed E-state index contributed by atoms with van der Waals surface area (Å²) in [5.41, 5.74) is 6.00. The fourth-order valence-electron chi connectivity index (χ4n) is 5.07. The number of anilines is 2. The Balaban J connectivity index is 1.70. The first kappa shape index (κ1) is 17.4. The topological polar surface area (TPSA) is 16.1 Å². The molecule has 3 heterocycles. The van der Waals surface area contributed by atoms with Crippen LogP contribution in [-0.4, -0.2) is 4.98 Å². The standard InChI is InChI=1S/C27H17N2PS/c31-30-25-13-5-3-10-20(25)22-12-7-15-28-27(22)29(30)24-17-19-9-2-1-8-18(19)16-23(24)21-11-4-6-14-26(21)30/h1-17H. The summed E-state index contributed by atoms with van der Waals surface area (Å²) in [5.74, 6) is 0.968. The Labute approximate surface area is 185 Å². The monoisotopic (exact) mass is 432 g/mol. The van der Waals surface area contributed by atoms with Crippen LogP contribution in [0.5, 0.6) is 0 Å². The van der Waals surface area contributed by atoms with E-state index in [2.05, 4.69) is 95.7 Å². The summed E-state index contributed by atoms with van der Waals surface area (Å²) in [5, 5.41) is 4.96. The Morgan fingerprint density at radius 1 is 0.613 bits per heavy atom. The van der Waals surface area contributed by atoms with Gasteiger partial charge in [0.2, 0.25) is 0 Å². The van der Waals surface area contributed by atoms with Crippen molar-refractivity contribution in [2.75, 3.05) is 4.67 Å². The van der Waals surface area contributed by atoms with Gasteiger partial charge < -0.3 is 0 Å². The van der Waals surface area contributed by atoms with Gasteiger partial charge in [0.1, 0.15) is 5.82 Å². The van der Waals surface area contributed by atoms with Crippen molar-refractivity contribution in [3.05, 3.63) is 103 Å². The van der Waals surface area contributed by atoms with Gasteiger partial charge in [0.15, 0.2) is 0 Å². The van der Waals surface area contributed by atoms with E-state index >= 15 is 0 Å². The third-order valence-corrected chi connectivity index (χ3v) is 11.1. The van der Waals surface area contributed by atoms with E-state index in [0.717, 1.165) is 17.1 Å². The highest BCUT2D eigenvalue weighted by Crippen LogP contribution is 2.65. The number of hydrogen-bond acceptors (Lipinski definition) is 2. The first-order valence-corrected chi connectivity index (χ1v) is 13.1. The lowest BCUT2D eigenvalue weighted by atomic mass is 9.98. The molecule has 1 atom stereocenters. The van der Waals surface area contributed by atoms with E-state index in [-0.39, 0.29) is 0 Å². The number of nitrogens with zero attached hydrogens (tertiary/aromatic N) is 2. The lowest BCUT2D eigenvalue weighted by molar-refractivity contribution is 1.24. The van der Waals surface area contributed by atoms with Crippen molar-refractivity contribution >= 4 is 50.9 Å². The number of hydrogen-bond donors (Lipinski definition) is 0. The summed E-state index contributed by atoms with van der Waals surface area (Å²) in [6, 6.07) is 34.7. The zero-order chi connectivity index (χ0) is 20.6. The molecule has 0 aliphatic carbocycles. The van der Waals surface area contributed by atoms with Crippen LogP contribution in [0.4, 0.5) is 11.5 Å². The van der Waals surface area contributed by atoms with Gasteiger partial charge in [0, 0.05) is 27.9 Å². The van der Waals surface area contributed by atoms with E-state index in [1.54, 1.807) is 0 Å². The number of aromatic nitrogens is 1. The van der Waals surface area contributed by atoms with Crippen LogP contribution in [0.2, 0.25) is 0 Å². The highest BCUT2D eigenvalue weighted by molar-refractivity contribution is 8.23. The molecule has 5 aromatic rings. The molecule has 7 rings (SSSR count). The van der Waals surface area contributed by atoms with Crippen molar-refractivity contribution in [2.24, 2.45) is 0 Å². The van der Waals surface area contributed by atoms with Gasteiger partial charge in [-0.3, -0.25) is 4.67 Å². The van der Waals surface area contributed by atoms with Crippen LogP contribution < -0.4 is 15.3 Å². The first-order chi connectivity index (χ1) is 15.3. The molecule has 1 aromatic heterocycles. The predicted molar refractivity (Wildman–Crippen MR) is 135 cm³/mol. The average Bonchev–Trinajstić information content (AvgIpc) is 2.83. The maximum Gasteiger partial charge on any atom is 0.145 e. The fraction of sp³-hybridized carbons (Fsp3) is 0. The minimum Gasteiger partial charge on any atom is -0.288 e. The second-order valence-electron chi connectivity index (χ2n) is 8.01. The van der Waals surface area contributed by atoms with Crippen molar-refractivity contribution in [3.63, 3.8) is 0 Å². The van der Waals surface area contributed by atoms with Gasteiger partial charge in [-0.2, -0.15) is 0 Å². The highest BCUT2D eigenvalue weighted by atomic mass is 32.4. The van der Waals surface area contributed by atoms with Crippen LogP contribution in [0.15, 0.2) is 103 Å². The van der Waals surface area contributed by atoms with Gasteiger partial charge in [-0.25, -0.2) is 4.98 Å². The zero-order valence-electron chi connectivity index (χ0n) is 16.6. The van der Waals surface area contributed by atoms with E-state index in [0.29, 0.717) is 0 Å². The minimum atomic E-state index is -2.34. The molecule has 1 unspecified atom stereocenters. The molecule has 2 aliphatic heterocycles. The molecular weight excluding hydrogens is 415 g/mol. The Morgan fingerprint density at radius 3 is 1.94 bits per heavy atom. The maximum absolute atomic E-state index is 6.71.